The largest absolute Gasteiger partial charge is 0.436 e. The number of ether oxygens (including phenoxy) is 1. The van der Waals surface area contributed by atoms with E-state index in [1.54, 1.807) is 0 Å². The average Bonchev–Trinajstić information content (AvgIpc) is 3.41. The van der Waals surface area contributed by atoms with E-state index in [4.69, 9.17) is 19.5 Å². The minimum atomic E-state index is -3.37. The second-order valence-corrected chi connectivity index (χ2v) is 12.8. The highest BCUT2D eigenvalue weighted by Gasteiger charge is 2.52. The van der Waals surface area contributed by atoms with E-state index >= 15 is 0 Å². The number of alkyl halides is 2. The molecule has 2 aromatic rings. The van der Waals surface area contributed by atoms with Crippen LogP contribution in [0.3, 0.4) is 0 Å². The average molecular weight is 732 g/mol. The molecular formula is C37H49F3N5O5P. The van der Waals surface area contributed by atoms with Crippen LogP contribution in [-0.2, 0) is 14.1 Å². The normalized spacial score (nSPS) is 18.2. The van der Waals surface area contributed by atoms with Crippen molar-refractivity contribution in [2.45, 2.75) is 83.0 Å². The van der Waals surface area contributed by atoms with Gasteiger partial charge >= 0.3 is 14.2 Å². The Morgan fingerprint density at radius 2 is 1.63 bits per heavy atom. The SMILES string of the molecule is CC/C=C\C/C=C\C/C=C\C/C=C\C/C=C\CCCC(=O)NCCNP(OCC1CC(F)(F)C(n2ccc(N)nc2=O)O1)Oc1ccc(F)cc1. The van der Waals surface area contributed by atoms with Crippen LogP contribution in [0.25, 0.3) is 0 Å². The van der Waals surface area contributed by atoms with Crippen LogP contribution in [0.5, 0.6) is 5.75 Å². The zero-order chi connectivity index (χ0) is 36.7. The number of nitrogens with two attached hydrogens (primary N) is 1. The molecule has 0 bridgehead atoms. The number of unbranched alkanes of at least 4 members (excludes halogenated alkanes) is 1. The predicted octanol–water partition coefficient (Wildman–Crippen LogP) is 7.84. The van der Waals surface area contributed by atoms with Gasteiger partial charge < -0.3 is 24.8 Å². The van der Waals surface area contributed by atoms with Crippen molar-refractivity contribution in [1.29, 1.82) is 0 Å². The lowest BCUT2D eigenvalue weighted by atomic mass is 10.2. The van der Waals surface area contributed by atoms with Gasteiger partial charge in [-0.2, -0.15) is 4.98 Å². The highest BCUT2D eigenvalue weighted by molar-refractivity contribution is 7.45. The van der Waals surface area contributed by atoms with Crippen molar-refractivity contribution in [3.63, 3.8) is 0 Å². The number of nitrogens with zero attached hydrogens (tertiary/aromatic N) is 2. The third-order valence-electron chi connectivity index (χ3n) is 7.29. The number of amides is 1. The molecule has 3 rings (SSSR count). The molecule has 1 aromatic carbocycles. The summed E-state index contributed by atoms with van der Waals surface area (Å²) in [7, 11) is -1.90. The summed E-state index contributed by atoms with van der Waals surface area (Å²) in [5.41, 5.74) is 4.51. The fourth-order valence-electron chi connectivity index (χ4n) is 4.74. The number of anilines is 1. The minimum Gasteiger partial charge on any atom is -0.436 e. The molecule has 1 aliphatic rings. The van der Waals surface area contributed by atoms with Crippen LogP contribution in [0, 0.1) is 5.82 Å². The van der Waals surface area contributed by atoms with Crippen molar-refractivity contribution in [2.24, 2.45) is 0 Å². The first-order chi connectivity index (χ1) is 24.7. The van der Waals surface area contributed by atoms with E-state index in [2.05, 4.69) is 83.1 Å². The van der Waals surface area contributed by atoms with Gasteiger partial charge in [-0.15, -0.1) is 0 Å². The smallest absolute Gasteiger partial charge is 0.351 e. The minimum absolute atomic E-state index is 0.0929. The van der Waals surface area contributed by atoms with Gasteiger partial charge in [0.1, 0.15) is 17.4 Å². The Morgan fingerprint density at radius 1 is 1.00 bits per heavy atom. The van der Waals surface area contributed by atoms with Crippen molar-refractivity contribution in [2.75, 3.05) is 25.4 Å². The van der Waals surface area contributed by atoms with E-state index in [-0.39, 0.29) is 31.4 Å². The number of carbonyl (C=O) groups excluding carboxylic acids is 1. The quantitative estimate of drug-likeness (QED) is 0.0599. The summed E-state index contributed by atoms with van der Waals surface area (Å²) in [6.07, 6.45) is 25.5. The number of nitrogens with one attached hydrogen (secondary N) is 2. The summed E-state index contributed by atoms with van der Waals surface area (Å²) in [6.45, 7) is 2.36. The number of hydrogen-bond acceptors (Lipinski definition) is 8. The fraction of sp³-hybridized carbons (Fsp3) is 0.432. The van der Waals surface area contributed by atoms with Crippen molar-refractivity contribution < 1.29 is 31.8 Å². The molecule has 1 aliphatic heterocycles. The molecule has 0 aliphatic carbocycles. The lowest BCUT2D eigenvalue weighted by Crippen LogP contribution is -2.35. The summed E-state index contributed by atoms with van der Waals surface area (Å²) in [5.74, 6) is -3.73. The third-order valence-corrected chi connectivity index (χ3v) is 8.53. The van der Waals surface area contributed by atoms with Gasteiger partial charge in [-0.3, -0.25) is 9.36 Å². The van der Waals surface area contributed by atoms with Gasteiger partial charge in [-0.1, -0.05) is 67.7 Å². The van der Waals surface area contributed by atoms with E-state index in [1.165, 1.54) is 30.3 Å². The Hall–Kier alpha value is -4.03. The summed E-state index contributed by atoms with van der Waals surface area (Å²) in [4.78, 5) is 27.9. The molecule has 4 N–H and O–H groups in total. The van der Waals surface area contributed by atoms with Gasteiger partial charge in [0.2, 0.25) is 12.1 Å². The summed E-state index contributed by atoms with van der Waals surface area (Å²) >= 11 is 0. The first-order valence-corrected chi connectivity index (χ1v) is 18.4. The highest BCUT2D eigenvalue weighted by Crippen LogP contribution is 2.43. The highest BCUT2D eigenvalue weighted by atomic mass is 31.2. The molecule has 1 saturated heterocycles. The first-order valence-electron chi connectivity index (χ1n) is 17.2. The maximum atomic E-state index is 14.8. The molecule has 278 valence electrons. The molecule has 1 amide bonds. The van der Waals surface area contributed by atoms with Crippen LogP contribution in [0.1, 0.15) is 70.9 Å². The number of nitrogen functional groups attached to an aromatic ring is 1. The number of allylic oxidation sites excluding steroid dienone is 10. The molecule has 14 heteroatoms. The Bertz CT molecular complexity index is 1530. The molecule has 0 spiro atoms. The fourth-order valence-corrected chi connectivity index (χ4v) is 5.86. The number of hydrogen-bond donors (Lipinski definition) is 3. The number of benzene rings is 1. The first kappa shape index (κ1) is 41.4. The van der Waals surface area contributed by atoms with Gasteiger partial charge in [0.25, 0.3) is 5.92 Å². The van der Waals surface area contributed by atoms with Crippen molar-refractivity contribution in [3.05, 3.63) is 114 Å². The molecule has 1 fully saturated rings. The molecule has 3 unspecified atom stereocenters. The van der Waals surface area contributed by atoms with Crippen molar-refractivity contribution >= 4 is 20.3 Å². The summed E-state index contributed by atoms with van der Waals surface area (Å²) in [5, 5.41) is 5.86. The van der Waals surface area contributed by atoms with Gasteiger partial charge in [-0.25, -0.2) is 23.1 Å². The standard InChI is InChI=1S/C37H49F3N5O5P/c1-2-3-4-5-6-7-8-9-10-11-12-13-14-15-16-17-18-19-34(46)42-25-26-43-51(50-31-22-20-30(38)21-23-31)48-29-32-28-37(39,40)35(49-32)45-27-24-33(41)44-36(45)47/h3-4,6-7,9-10,12-13,15-16,20-24,27,32,35,43H,2,5,8,11,14,17-19,25-26,28-29H2,1H3,(H,42,46)(H2,41,44,47)/b4-3-,7-6-,10-9-,13-12-,16-15-. The molecule has 2 heterocycles. The maximum absolute atomic E-state index is 14.8. The van der Waals surface area contributed by atoms with Crippen molar-refractivity contribution in [3.8, 4) is 5.75 Å². The monoisotopic (exact) mass is 731 g/mol. The van der Waals surface area contributed by atoms with Gasteiger partial charge in [0.15, 0.2) is 0 Å². The summed E-state index contributed by atoms with van der Waals surface area (Å²) in [6, 6.07) is 6.48. The number of aromatic nitrogens is 2. The van der Waals surface area contributed by atoms with Gasteiger partial charge in [0, 0.05) is 32.1 Å². The Labute approximate surface area is 299 Å². The maximum Gasteiger partial charge on any atom is 0.351 e. The van der Waals surface area contributed by atoms with E-state index in [0.717, 1.165) is 44.7 Å². The van der Waals surface area contributed by atoms with E-state index in [1.807, 2.05) is 0 Å². The lowest BCUT2D eigenvalue weighted by Gasteiger charge is -2.21. The zero-order valence-corrected chi connectivity index (χ0v) is 29.9. The summed E-state index contributed by atoms with van der Waals surface area (Å²) < 4.78 is 60.8. The Kier molecular flexibility index (Phi) is 19.0. The lowest BCUT2D eigenvalue weighted by molar-refractivity contribution is -0.121. The third kappa shape index (κ3) is 16.7. The van der Waals surface area contributed by atoms with Crippen LogP contribution < -0.4 is 26.4 Å². The van der Waals surface area contributed by atoms with E-state index < -0.39 is 44.7 Å². The molecular weight excluding hydrogens is 682 g/mol. The van der Waals surface area contributed by atoms with Crippen LogP contribution >= 0.6 is 8.53 Å². The van der Waals surface area contributed by atoms with Crippen LogP contribution in [0.2, 0.25) is 0 Å². The second kappa shape index (κ2) is 23.4. The zero-order valence-electron chi connectivity index (χ0n) is 29.0. The van der Waals surface area contributed by atoms with Gasteiger partial charge in [0.05, 0.1) is 12.7 Å². The molecule has 1 aromatic heterocycles. The topological polar surface area (TPSA) is 130 Å². The molecule has 51 heavy (non-hydrogen) atoms. The van der Waals surface area contributed by atoms with Crippen LogP contribution in [0.15, 0.2) is 102 Å². The molecule has 0 saturated carbocycles. The molecule has 3 atom stereocenters. The Morgan fingerprint density at radius 3 is 2.25 bits per heavy atom. The molecule has 0 radical (unpaired) electrons. The second-order valence-electron chi connectivity index (χ2n) is 11.6. The van der Waals surface area contributed by atoms with Crippen LogP contribution in [0.4, 0.5) is 19.0 Å². The predicted molar refractivity (Wildman–Crippen MR) is 196 cm³/mol. The number of halogens is 3. The van der Waals surface area contributed by atoms with Crippen molar-refractivity contribution in [1.82, 2.24) is 20.0 Å². The number of carbonyl (C=O) groups is 1. The number of rotatable bonds is 23. The molecule has 10 nitrogen and oxygen atoms in total. The van der Waals surface area contributed by atoms with E-state index in [0.29, 0.717) is 23.2 Å². The van der Waals surface area contributed by atoms with Gasteiger partial charge in [-0.05, 0) is 75.3 Å². The van der Waals surface area contributed by atoms with E-state index in [9.17, 15) is 22.8 Å². The Balaban J connectivity index is 1.33. The van der Waals surface area contributed by atoms with Crippen LogP contribution in [-0.4, -0.2) is 47.2 Å².